The van der Waals surface area contributed by atoms with Crippen LogP contribution in [0.5, 0.6) is 0 Å². The summed E-state index contributed by atoms with van der Waals surface area (Å²) in [6.07, 6.45) is 3.41. The van der Waals surface area contributed by atoms with Crippen LogP contribution in [-0.4, -0.2) is 29.1 Å². The predicted octanol–water partition coefficient (Wildman–Crippen LogP) is 3.63. The molecule has 1 aromatic rings. The Morgan fingerprint density at radius 2 is 2.00 bits per heavy atom. The largest absolute Gasteiger partial charge is 0.481 e. The monoisotopic (exact) mass is 275 g/mol. The third-order valence-electron chi connectivity index (χ3n) is 4.60. The molecule has 3 heteroatoms. The van der Waals surface area contributed by atoms with Crippen molar-refractivity contribution in [2.45, 2.75) is 45.6 Å². The summed E-state index contributed by atoms with van der Waals surface area (Å²) in [6.45, 7) is 6.62. The van der Waals surface area contributed by atoms with Crippen LogP contribution in [0.25, 0.3) is 0 Å². The molecule has 3 nitrogen and oxygen atoms in total. The minimum absolute atomic E-state index is 0.317. The lowest BCUT2D eigenvalue weighted by atomic mass is 9.90. The number of carboxylic acid groups (broad SMARTS) is 1. The Hall–Kier alpha value is -1.35. The number of aryl methyl sites for hydroxylation is 1. The molecule has 20 heavy (non-hydrogen) atoms. The summed E-state index contributed by atoms with van der Waals surface area (Å²) in [4.78, 5) is 13.2. The molecule has 1 saturated heterocycles. The molecule has 1 atom stereocenters. The molecule has 1 aliphatic heterocycles. The van der Waals surface area contributed by atoms with E-state index in [2.05, 4.69) is 43.0 Å². The third kappa shape index (κ3) is 3.83. The molecule has 1 fully saturated rings. The summed E-state index contributed by atoms with van der Waals surface area (Å²) < 4.78 is 0. The Labute approximate surface area is 121 Å². The van der Waals surface area contributed by atoms with Crippen molar-refractivity contribution in [3.63, 3.8) is 0 Å². The molecule has 1 N–H and O–H groups in total. The molecule has 1 unspecified atom stereocenters. The average Bonchev–Trinajstić information content (AvgIpc) is 2.45. The maximum Gasteiger partial charge on any atom is 0.303 e. The first-order valence-corrected chi connectivity index (χ1v) is 7.59. The number of hydrogen-bond donors (Lipinski definition) is 1. The van der Waals surface area contributed by atoms with E-state index < -0.39 is 5.97 Å². The van der Waals surface area contributed by atoms with Crippen LogP contribution in [0.2, 0.25) is 0 Å². The van der Waals surface area contributed by atoms with Gasteiger partial charge in [0.2, 0.25) is 0 Å². The molecule has 1 aliphatic rings. The van der Waals surface area contributed by atoms with Gasteiger partial charge in [0.05, 0.1) is 0 Å². The molecule has 0 aromatic heterocycles. The second-order valence-electron chi connectivity index (χ2n) is 5.94. The Kier molecular flexibility index (Phi) is 5.18. The van der Waals surface area contributed by atoms with Crippen molar-refractivity contribution in [2.75, 3.05) is 13.1 Å². The Morgan fingerprint density at radius 1 is 1.35 bits per heavy atom. The zero-order valence-corrected chi connectivity index (χ0v) is 12.5. The Balaban J connectivity index is 1.87. The Bertz CT molecular complexity index is 450. The van der Waals surface area contributed by atoms with Gasteiger partial charge in [0, 0.05) is 12.5 Å². The highest BCUT2D eigenvalue weighted by Crippen LogP contribution is 2.29. The van der Waals surface area contributed by atoms with Crippen molar-refractivity contribution < 1.29 is 9.90 Å². The smallest absolute Gasteiger partial charge is 0.303 e. The van der Waals surface area contributed by atoms with Crippen LogP contribution in [0.1, 0.15) is 49.8 Å². The van der Waals surface area contributed by atoms with Crippen LogP contribution in [0.3, 0.4) is 0 Å². The third-order valence-corrected chi connectivity index (χ3v) is 4.60. The van der Waals surface area contributed by atoms with Crippen LogP contribution in [0, 0.1) is 12.8 Å². The molecule has 0 spiro atoms. The molecule has 0 bridgehead atoms. The minimum Gasteiger partial charge on any atom is -0.481 e. The number of carbonyl (C=O) groups is 1. The van der Waals surface area contributed by atoms with Gasteiger partial charge in [-0.1, -0.05) is 24.3 Å². The lowest BCUT2D eigenvalue weighted by molar-refractivity contribution is -0.137. The molecule has 0 aliphatic carbocycles. The highest BCUT2D eigenvalue weighted by molar-refractivity contribution is 5.66. The van der Waals surface area contributed by atoms with E-state index >= 15 is 0 Å². The lowest BCUT2D eigenvalue weighted by Crippen LogP contribution is -2.36. The first kappa shape index (κ1) is 15.0. The summed E-state index contributed by atoms with van der Waals surface area (Å²) >= 11 is 0. The number of benzene rings is 1. The number of rotatable bonds is 5. The molecule has 0 radical (unpaired) electrons. The van der Waals surface area contributed by atoms with Crippen molar-refractivity contribution in [1.29, 1.82) is 0 Å². The molecular weight excluding hydrogens is 250 g/mol. The van der Waals surface area contributed by atoms with Crippen molar-refractivity contribution in [2.24, 2.45) is 5.92 Å². The zero-order valence-electron chi connectivity index (χ0n) is 12.5. The highest BCUT2D eigenvalue weighted by atomic mass is 16.4. The van der Waals surface area contributed by atoms with Crippen molar-refractivity contribution in [3.8, 4) is 0 Å². The van der Waals surface area contributed by atoms with E-state index in [9.17, 15) is 4.79 Å². The summed E-state index contributed by atoms with van der Waals surface area (Å²) in [5.41, 5.74) is 2.77. The van der Waals surface area contributed by atoms with Crippen molar-refractivity contribution in [1.82, 2.24) is 4.90 Å². The van der Waals surface area contributed by atoms with Crippen LogP contribution in [0.4, 0.5) is 0 Å². The molecule has 1 aromatic carbocycles. The van der Waals surface area contributed by atoms with Crippen molar-refractivity contribution >= 4 is 5.97 Å². The standard InChI is InChI=1S/C17H25NO2/c1-13-5-3-4-6-16(13)14(2)18-11-9-15(10-12-18)7-8-17(19)20/h3-6,14-15H,7-12H2,1-2H3,(H,19,20). The molecule has 1 heterocycles. The van der Waals surface area contributed by atoms with Crippen LogP contribution in [0.15, 0.2) is 24.3 Å². The highest BCUT2D eigenvalue weighted by Gasteiger charge is 2.24. The summed E-state index contributed by atoms with van der Waals surface area (Å²) in [5.74, 6) is -0.0767. The van der Waals surface area contributed by atoms with Crippen LogP contribution < -0.4 is 0 Å². The fourth-order valence-corrected chi connectivity index (χ4v) is 3.21. The fourth-order valence-electron chi connectivity index (χ4n) is 3.21. The van der Waals surface area contributed by atoms with Gasteiger partial charge in [-0.15, -0.1) is 0 Å². The van der Waals surface area contributed by atoms with Gasteiger partial charge in [-0.05, 0) is 63.2 Å². The maximum atomic E-state index is 10.6. The zero-order chi connectivity index (χ0) is 14.5. The summed E-state index contributed by atoms with van der Waals surface area (Å²) in [7, 11) is 0. The van der Waals surface area contributed by atoms with Crippen molar-refractivity contribution in [3.05, 3.63) is 35.4 Å². The number of hydrogen-bond acceptors (Lipinski definition) is 2. The first-order valence-electron chi connectivity index (χ1n) is 7.59. The minimum atomic E-state index is -0.666. The topological polar surface area (TPSA) is 40.5 Å². The first-order chi connectivity index (χ1) is 9.58. The van der Waals surface area contributed by atoms with Gasteiger partial charge in [-0.3, -0.25) is 9.69 Å². The maximum absolute atomic E-state index is 10.6. The van der Waals surface area contributed by atoms with E-state index in [0.29, 0.717) is 18.4 Å². The lowest BCUT2D eigenvalue weighted by Gasteiger charge is -2.36. The van der Waals surface area contributed by atoms with E-state index in [-0.39, 0.29) is 0 Å². The Morgan fingerprint density at radius 3 is 2.60 bits per heavy atom. The van der Waals surface area contributed by atoms with Gasteiger partial charge in [-0.25, -0.2) is 0 Å². The molecule has 110 valence electrons. The molecule has 2 rings (SSSR count). The van der Waals surface area contributed by atoms with Gasteiger partial charge in [-0.2, -0.15) is 0 Å². The van der Waals surface area contributed by atoms with Gasteiger partial charge in [0.15, 0.2) is 0 Å². The number of piperidine rings is 1. The van der Waals surface area contributed by atoms with E-state index in [1.165, 1.54) is 11.1 Å². The normalized spacial score (nSPS) is 18.9. The van der Waals surface area contributed by atoms with Gasteiger partial charge < -0.3 is 5.11 Å². The molecule has 0 saturated carbocycles. The van der Waals surface area contributed by atoms with E-state index in [1.54, 1.807) is 0 Å². The molecule has 0 amide bonds. The van der Waals surface area contributed by atoms with E-state index in [0.717, 1.165) is 32.4 Å². The van der Waals surface area contributed by atoms with Crippen LogP contribution >= 0.6 is 0 Å². The average molecular weight is 275 g/mol. The summed E-state index contributed by atoms with van der Waals surface area (Å²) in [6, 6.07) is 9.04. The van der Waals surface area contributed by atoms with Gasteiger partial charge >= 0.3 is 5.97 Å². The molecular formula is C17H25NO2. The second kappa shape index (κ2) is 6.89. The number of nitrogens with zero attached hydrogens (tertiary/aromatic N) is 1. The number of carboxylic acids is 1. The fraction of sp³-hybridized carbons (Fsp3) is 0.588. The number of aliphatic carboxylic acids is 1. The quantitative estimate of drug-likeness (QED) is 0.892. The SMILES string of the molecule is Cc1ccccc1C(C)N1CCC(CCC(=O)O)CC1. The van der Waals surface area contributed by atoms with Crippen LogP contribution in [-0.2, 0) is 4.79 Å². The second-order valence-corrected chi connectivity index (χ2v) is 5.94. The van der Waals surface area contributed by atoms with Gasteiger partial charge in [0.25, 0.3) is 0 Å². The summed E-state index contributed by atoms with van der Waals surface area (Å²) in [5, 5.41) is 8.75. The van der Waals surface area contributed by atoms with Gasteiger partial charge in [0.1, 0.15) is 0 Å². The van der Waals surface area contributed by atoms with E-state index in [4.69, 9.17) is 5.11 Å². The number of likely N-dealkylation sites (tertiary alicyclic amines) is 1. The van der Waals surface area contributed by atoms with E-state index in [1.807, 2.05) is 0 Å². The predicted molar refractivity (Wildman–Crippen MR) is 80.8 cm³/mol.